The van der Waals surface area contributed by atoms with E-state index in [9.17, 15) is 14.3 Å². The Kier molecular flexibility index (Phi) is 6.94. The van der Waals surface area contributed by atoms with Crippen LogP contribution in [0.2, 0.25) is 0 Å². The minimum absolute atomic E-state index is 0.109. The first-order chi connectivity index (χ1) is 15.8. The van der Waals surface area contributed by atoms with Crippen LogP contribution in [0.4, 0.5) is 4.39 Å². The minimum atomic E-state index is -0.865. The lowest BCUT2D eigenvalue weighted by molar-refractivity contribution is -0.188. The molecule has 4 rings (SSSR count). The number of halogens is 1. The van der Waals surface area contributed by atoms with Gasteiger partial charge in [0.2, 0.25) is 0 Å². The van der Waals surface area contributed by atoms with Gasteiger partial charge >= 0.3 is 5.97 Å². The average molecular weight is 457 g/mol. The van der Waals surface area contributed by atoms with Crippen molar-refractivity contribution in [3.63, 3.8) is 0 Å². The molecule has 0 radical (unpaired) electrons. The smallest absolute Gasteiger partial charge is 0.309 e. The molecule has 1 saturated heterocycles. The Morgan fingerprint density at radius 1 is 1.24 bits per heavy atom. The molecular weight excluding hydrogens is 423 g/mol. The standard InChI is InChI=1S/C27H33FO5/c1-4-5-13-31-19-10-12-24-20(15-19)25-22(27(2,3)33-24)16-21(26(29)30)23(32-25)11-9-17-7-6-8-18(28)14-17/h6-8,10,12,14-15,21-23,25H,4-5,9,11,13,16H2,1-3H3,(H,29,30)/t21-,22-,23-,25+/m0/s1. The number of hydrogen-bond donors (Lipinski definition) is 1. The molecule has 0 spiro atoms. The molecule has 2 heterocycles. The summed E-state index contributed by atoms with van der Waals surface area (Å²) in [6.07, 6.45) is 2.79. The SMILES string of the molecule is CCCCOc1ccc2c(c1)[C@H]1O[C@@H](CCc3cccc(F)c3)[C@@H](C(=O)O)C[C@@H]1C(C)(C)O2. The Morgan fingerprint density at radius 2 is 2.06 bits per heavy atom. The molecule has 0 unspecified atom stereocenters. The van der Waals surface area contributed by atoms with E-state index in [2.05, 4.69) is 6.92 Å². The number of unbranched alkanes of at least 4 members (excludes halogenated alkanes) is 1. The van der Waals surface area contributed by atoms with Crippen molar-refractivity contribution in [1.82, 2.24) is 0 Å². The number of benzene rings is 2. The molecule has 0 amide bonds. The van der Waals surface area contributed by atoms with Gasteiger partial charge in [0, 0.05) is 11.5 Å². The van der Waals surface area contributed by atoms with Gasteiger partial charge in [-0.25, -0.2) is 4.39 Å². The van der Waals surface area contributed by atoms with Crippen LogP contribution in [0.1, 0.15) is 63.7 Å². The van der Waals surface area contributed by atoms with E-state index in [-0.39, 0.29) is 17.8 Å². The maximum Gasteiger partial charge on any atom is 0.309 e. The molecule has 1 fully saturated rings. The van der Waals surface area contributed by atoms with Crippen LogP contribution in [-0.4, -0.2) is 29.4 Å². The van der Waals surface area contributed by atoms with E-state index in [1.54, 1.807) is 6.07 Å². The summed E-state index contributed by atoms with van der Waals surface area (Å²) in [4.78, 5) is 12.2. The second kappa shape index (κ2) is 9.72. The molecule has 4 atom stereocenters. The van der Waals surface area contributed by atoms with Crippen LogP contribution in [0.15, 0.2) is 42.5 Å². The lowest BCUT2D eigenvalue weighted by atomic mass is 9.71. The second-order valence-corrected chi connectivity index (χ2v) is 9.66. The third kappa shape index (κ3) is 5.16. The summed E-state index contributed by atoms with van der Waals surface area (Å²) in [5, 5.41) is 9.97. The molecule has 2 aliphatic rings. The van der Waals surface area contributed by atoms with Crippen LogP contribution in [0.5, 0.6) is 11.5 Å². The quantitative estimate of drug-likeness (QED) is 0.497. The minimum Gasteiger partial charge on any atom is -0.494 e. The highest BCUT2D eigenvalue weighted by atomic mass is 19.1. The second-order valence-electron chi connectivity index (χ2n) is 9.66. The first-order valence-corrected chi connectivity index (χ1v) is 11.9. The summed E-state index contributed by atoms with van der Waals surface area (Å²) in [5.41, 5.74) is 1.18. The number of aliphatic carboxylic acids is 1. The average Bonchev–Trinajstić information content (AvgIpc) is 2.77. The maximum atomic E-state index is 13.6. The van der Waals surface area contributed by atoms with Gasteiger partial charge in [-0.15, -0.1) is 0 Å². The highest BCUT2D eigenvalue weighted by Crippen LogP contribution is 2.53. The summed E-state index contributed by atoms with van der Waals surface area (Å²) in [5.74, 6) is -0.388. The Morgan fingerprint density at radius 3 is 2.79 bits per heavy atom. The van der Waals surface area contributed by atoms with Gasteiger partial charge in [-0.2, -0.15) is 0 Å². The number of aryl methyl sites for hydroxylation is 1. The number of carboxylic acid groups (broad SMARTS) is 1. The number of carboxylic acids is 1. The molecule has 0 aliphatic carbocycles. The third-order valence-electron chi connectivity index (χ3n) is 6.89. The fourth-order valence-corrected chi connectivity index (χ4v) is 5.02. The van der Waals surface area contributed by atoms with Gasteiger partial charge < -0.3 is 19.3 Å². The fourth-order valence-electron chi connectivity index (χ4n) is 5.02. The van der Waals surface area contributed by atoms with Crippen LogP contribution in [-0.2, 0) is 16.0 Å². The van der Waals surface area contributed by atoms with Crippen molar-refractivity contribution in [3.05, 3.63) is 59.4 Å². The van der Waals surface area contributed by atoms with Crippen molar-refractivity contribution in [2.45, 2.75) is 70.7 Å². The zero-order valence-corrected chi connectivity index (χ0v) is 19.6. The Labute approximate surface area is 194 Å². The summed E-state index contributed by atoms with van der Waals surface area (Å²) in [6.45, 7) is 6.76. The molecule has 2 aromatic rings. The summed E-state index contributed by atoms with van der Waals surface area (Å²) in [7, 11) is 0. The van der Waals surface area contributed by atoms with Gasteiger partial charge in [0.15, 0.2) is 0 Å². The fraction of sp³-hybridized carbons (Fsp3) is 0.519. The molecule has 0 aromatic heterocycles. The van der Waals surface area contributed by atoms with Crippen molar-refractivity contribution in [3.8, 4) is 11.5 Å². The van der Waals surface area contributed by atoms with E-state index in [1.807, 2.05) is 38.1 Å². The zero-order valence-electron chi connectivity index (χ0n) is 19.6. The number of carbonyl (C=O) groups is 1. The van der Waals surface area contributed by atoms with Crippen molar-refractivity contribution >= 4 is 5.97 Å². The van der Waals surface area contributed by atoms with Crippen LogP contribution in [0, 0.1) is 17.7 Å². The van der Waals surface area contributed by atoms with E-state index in [0.29, 0.717) is 25.9 Å². The van der Waals surface area contributed by atoms with Gasteiger partial charge in [0.1, 0.15) is 22.9 Å². The summed E-state index contributed by atoms with van der Waals surface area (Å²) < 4.78 is 32.4. The van der Waals surface area contributed by atoms with E-state index in [1.165, 1.54) is 12.1 Å². The molecule has 1 N–H and O–H groups in total. The van der Waals surface area contributed by atoms with Crippen LogP contribution >= 0.6 is 0 Å². The normalized spacial score (nSPS) is 25.5. The zero-order chi connectivity index (χ0) is 23.6. The topological polar surface area (TPSA) is 65.0 Å². The van der Waals surface area contributed by atoms with Crippen LogP contribution in [0.3, 0.4) is 0 Å². The number of ether oxygens (including phenoxy) is 3. The van der Waals surface area contributed by atoms with E-state index < -0.39 is 23.6 Å². The van der Waals surface area contributed by atoms with Crippen LogP contribution < -0.4 is 9.47 Å². The maximum absolute atomic E-state index is 13.6. The van der Waals surface area contributed by atoms with Crippen molar-refractivity contribution in [1.29, 1.82) is 0 Å². The number of fused-ring (bicyclic) bond motifs is 3. The highest BCUT2D eigenvalue weighted by Gasteiger charge is 2.52. The molecule has 0 bridgehead atoms. The lowest BCUT2D eigenvalue weighted by Gasteiger charge is -2.50. The number of rotatable bonds is 8. The first-order valence-electron chi connectivity index (χ1n) is 11.9. The predicted octanol–water partition coefficient (Wildman–Crippen LogP) is 5.96. The van der Waals surface area contributed by atoms with Gasteiger partial charge in [0.25, 0.3) is 0 Å². The van der Waals surface area contributed by atoms with E-state index >= 15 is 0 Å². The Hall–Kier alpha value is -2.60. The molecular formula is C27H33FO5. The Balaban J connectivity index is 1.60. The van der Waals surface area contributed by atoms with Crippen molar-refractivity contribution in [2.75, 3.05) is 6.61 Å². The van der Waals surface area contributed by atoms with Gasteiger partial charge in [0.05, 0.1) is 24.7 Å². The summed E-state index contributed by atoms with van der Waals surface area (Å²) in [6, 6.07) is 12.2. The monoisotopic (exact) mass is 456 g/mol. The van der Waals surface area contributed by atoms with Crippen molar-refractivity contribution < 1.29 is 28.5 Å². The van der Waals surface area contributed by atoms with Gasteiger partial charge in [-0.1, -0.05) is 25.5 Å². The highest BCUT2D eigenvalue weighted by molar-refractivity contribution is 5.71. The van der Waals surface area contributed by atoms with Gasteiger partial charge in [-0.05, 0) is 75.4 Å². The number of hydrogen-bond acceptors (Lipinski definition) is 4. The molecule has 33 heavy (non-hydrogen) atoms. The molecule has 0 saturated carbocycles. The van der Waals surface area contributed by atoms with Gasteiger partial charge in [-0.3, -0.25) is 4.79 Å². The first kappa shape index (κ1) is 23.6. The molecule has 2 aliphatic heterocycles. The third-order valence-corrected chi connectivity index (χ3v) is 6.89. The predicted molar refractivity (Wildman–Crippen MR) is 123 cm³/mol. The molecule has 6 heteroatoms. The van der Waals surface area contributed by atoms with Crippen molar-refractivity contribution in [2.24, 2.45) is 11.8 Å². The Bertz CT molecular complexity index is 988. The largest absolute Gasteiger partial charge is 0.494 e. The van der Waals surface area contributed by atoms with E-state index in [4.69, 9.17) is 14.2 Å². The van der Waals surface area contributed by atoms with E-state index in [0.717, 1.165) is 35.5 Å². The molecule has 2 aromatic carbocycles. The summed E-state index contributed by atoms with van der Waals surface area (Å²) >= 11 is 0. The lowest BCUT2D eigenvalue weighted by Crippen LogP contribution is -2.52. The van der Waals surface area contributed by atoms with Crippen LogP contribution in [0.25, 0.3) is 0 Å². The molecule has 178 valence electrons. The molecule has 5 nitrogen and oxygen atoms in total.